The van der Waals surface area contributed by atoms with Crippen molar-refractivity contribution in [1.29, 1.82) is 0 Å². The van der Waals surface area contributed by atoms with Crippen LogP contribution in [-0.4, -0.2) is 23.9 Å². The first-order chi connectivity index (χ1) is 6.00. The molecule has 1 aliphatic heterocycles. The first-order valence-electron chi connectivity index (χ1n) is 4.08. The molecule has 0 amide bonds. The monoisotopic (exact) mass is 446 g/mol. The summed E-state index contributed by atoms with van der Waals surface area (Å²) in [6.07, 6.45) is 0.429. The molecule has 0 aromatic heterocycles. The number of hydrogen-bond donors (Lipinski definition) is 1. The summed E-state index contributed by atoms with van der Waals surface area (Å²) in [7, 11) is -4.13. The van der Waals surface area contributed by atoms with Crippen LogP contribution >= 0.6 is 7.82 Å². The van der Waals surface area contributed by atoms with Crippen LogP contribution < -0.4 is 4.89 Å². The molecule has 1 N–H and O–H groups in total. The number of phosphoric acid groups is 1. The summed E-state index contributed by atoms with van der Waals surface area (Å²) in [5, 5.41) is 8.84. The van der Waals surface area contributed by atoms with Crippen LogP contribution in [0.15, 0.2) is 0 Å². The summed E-state index contributed by atoms with van der Waals surface area (Å²) in [6.45, 7) is 3.27. The Kier molecular flexibility index (Phi) is 6.49. The van der Waals surface area contributed by atoms with E-state index in [0.717, 1.165) is 0 Å². The van der Waals surface area contributed by atoms with Crippen LogP contribution in [0.5, 0.6) is 0 Å². The van der Waals surface area contributed by atoms with Gasteiger partial charge in [-0.05, 0) is 6.10 Å². The van der Waals surface area contributed by atoms with E-state index in [2.05, 4.69) is 4.52 Å². The summed E-state index contributed by atoms with van der Waals surface area (Å²) in [6, 6.07) is 0. The van der Waals surface area contributed by atoms with Gasteiger partial charge in [-0.25, -0.2) is 0 Å². The van der Waals surface area contributed by atoms with Gasteiger partial charge < -0.3 is 25.5 Å². The minimum Gasteiger partial charge on any atom is -0.756 e. The van der Waals surface area contributed by atoms with Crippen LogP contribution in [-0.2, 0) is 13.6 Å². The maximum absolute atomic E-state index is 10.9. The Bertz CT molecular complexity index is 224. The molecule has 0 aromatic carbocycles. The molecule has 0 radical (unpaired) electrons. The maximum Gasteiger partial charge on any atom is 0.265 e. The van der Waals surface area contributed by atoms with Gasteiger partial charge in [0.05, 0.1) is 6.10 Å². The fraction of sp³-hybridized carbons (Fsp3) is 0.857. The van der Waals surface area contributed by atoms with E-state index in [1.54, 1.807) is 20.3 Å². The molecule has 4 atom stereocenters. The molecule has 0 saturated carbocycles. The van der Waals surface area contributed by atoms with Crippen LogP contribution in [0.1, 0.15) is 13.8 Å². The standard InChI is InChI=1S/C7H14O5P.U/c1-3-6-7(5(2)4-8)12-13(9,10)11-6;/h3,5-8H,4H2,1-2H3,(H,9,10);/q-1;/p-1/t5-,6?,7+;/m1./s1. The maximum atomic E-state index is 10.9. The molecule has 2 unspecified atom stereocenters. The second-order valence-corrected chi connectivity index (χ2v) is 4.40. The van der Waals surface area contributed by atoms with Crippen LogP contribution in [0.25, 0.3) is 0 Å². The first-order valence-corrected chi connectivity index (χ1v) is 5.54. The Morgan fingerprint density at radius 1 is 1.64 bits per heavy atom. The van der Waals surface area contributed by atoms with Crippen LogP contribution in [0.4, 0.5) is 0 Å². The SMILES string of the molecule is C[CH-]C1OP(=O)([O-])O[C@H]1[C@H](C)CO.[U]. The average molecular weight is 446 g/mol. The van der Waals surface area contributed by atoms with Gasteiger partial charge in [-0.2, -0.15) is 6.92 Å². The van der Waals surface area contributed by atoms with E-state index < -0.39 is 20.0 Å². The molecule has 1 heterocycles. The predicted octanol–water partition coefficient (Wildman–Crippen LogP) is 0.0914. The van der Waals surface area contributed by atoms with Crippen molar-refractivity contribution in [1.82, 2.24) is 0 Å². The Morgan fingerprint density at radius 2 is 2.21 bits per heavy atom. The number of aliphatic hydroxyl groups is 1. The first kappa shape index (κ1) is 15.1. The summed E-state index contributed by atoms with van der Waals surface area (Å²) >= 11 is 0. The Balaban J connectivity index is 0.00000169. The molecule has 0 spiro atoms. The van der Waals surface area contributed by atoms with Gasteiger partial charge in [0.1, 0.15) is 0 Å². The summed E-state index contributed by atoms with van der Waals surface area (Å²) < 4.78 is 20.2. The molecule has 0 bridgehead atoms. The molecule has 1 aliphatic rings. The zero-order chi connectivity index (χ0) is 10.1. The summed E-state index contributed by atoms with van der Waals surface area (Å²) in [5.74, 6) is -0.258. The molecule has 7 heteroatoms. The van der Waals surface area contributed by atoms with Gasteiger partial charge in [-0.3, -0.25) is 4.57 Å². The fourth-order valence-corrected chi connectivity index (χ4v) is 2.44. The normalized spacial score (nSPS) is 39.1. The van der Waals surface area contributed by atoms with Gasteiger partial charge in [0.15, 0.2) is 0 Å². The Morgan fingerprint density at radius 3 is 2.64 bits per heavy atom. The molecule has 0 aliphatic carbocycles. The second-order valence-electron chi connectivity index (χ2n) is 3.08. The van der Waals surface area contributed by atoms with E-state index in [1.807, 2.05) is 0 Å². The van der Waals surface area contributed by atoms with Crippen molar-refractivity contribution < 1.29 is 54.7 Å². The minimum atomic E-state index is -4.13. The van der Waals surface area contributed by atoms with Gasteiger partial charge >= 0.3 is 0 Å². The van der Waals surface area contributed by atoms with E-state index in [1.165, 1.54) is 0 Å². The van der Waals surface area contributed by atoms with Crippen molar-refractivity contribution in [3.8, 4) is 0 Å². The molecule has 5 nitrogen and oxygen atoms in total. The van der Waals surface area contributed by atoms with Crippen molar-refractivity contribution in [3.63, 3.8) is 0 Å². The van der Waals surface area contributed by atoms with Gasteiger partial charge in [0, 0.05) is 43.6 Å². The third-order valence-corrected chi connectivity index (χ3v) is 3.01. The summed E-state index contributed by atoms with van der Waals surface area (Å²) in [4.78, 5) is 10.9. The molecule has 14 heavy (non-hydrogen) atoms. The quantitative estimate of drug-likeness (QED) is 0.492. The van der Waals surface area contributed by atoms with Crippen molar-refractivity contribution in [2.45, 2.75) is 26.1 Å². The number of rotatable bonds is 3. The van der Waals surface area contributed by atoms with Gasteiger partial charge in [0.2, 0.25) is 0 Å². The number of aliphatic hydroxyl groups excluding tert-OH is 1. The summed E-state index contributed by atoms with van der Waals surface area (Å²) in [5.41, 5.74) is 0. The zero-order valence-corrected chi connectivity index (χ0v) is 13.1. The van der Waals surface area contributed by atoms with Crippen LogP contribution in [0.2, 0.25) is 0 Å². The van der Waals surface area contributed by atoms with Crippen molar-refractivity contribution in [2.24, 2.45) is 5.92 Å². The molecule has 1 saturated heterocycles. The topological polar surface area (TPSA) is 78.8 Å². The van der Waals surface area contributed by atoms with Gasteiger partial charge in [-0.15, -0.1) is 0 Å². The predicted molar refractivity (Wildman–Crippen MR) is 43.6 cm³/mol. The van der Waals surface area contributed by atoms with Crippen molar-refractivity contribution >= 4 is 7.82 Å². The Labute approximate surface area is 107 Å². The van der Waals surface area contributed by atoms with Crippen molar-refractivity contribution in [2.75, 3.05) is 6.61 Å². The van der Waals surface area contributed by atoms with Crippen molar-refractivity contribution in [3.05, 3.63) is 6.42 Å². The van der Waals surface area contributed by atoms with Crippen LogP contribution in [0.3, 0.4) is 0 Å². The molecular formula is C7H13O5PU-2. The van der Waals surface area contributed by atoms with E-state index in [4.69, 9.17) is 9.63 Å². The smallest absolute Gasteiger partial charge is 0.265 e. The van der Waals surface area contributed by atoms with E-state index in [-0.39, 0.29) is 43.6 Å². The molecule has 1 rings (SSSR count). The van der Waals surface area contributed by atoms with E-state index >= 15 is 0 Å². The second kappa shape index (κ2) is 6.01. The van der Waals surface area contributed by atoms with E-state index in [9.17, 15) is 9.46 Å². The third kappa shape index (κ3) is 3.61. The average Bonchev–Trinajstić information content (AvgIpc) is 2.39. The fourth-order valence-electron chi connectivity index (χ4n) is 1.23. The molecule has 1 fully saturated rings. The molecule has 0 aromatic rings. The third-order valence-electron chi connectivity index (χ3n) is 2.00. The van der Waals surface area contributed by atoms with E-state index in [0.29, 0.717) is 0 Å². The van der Waals surface area contributed by atoms with Gasteiger partial charge in [-0.1, -0.05) is 6.92 Å². The zero-order valence-electron chi connectivity index (χ0n) is 8.04. The molecule has 82 valence electrons. The minimum absolute atomic E-state index is 0. The number of phosphoric ester groups is 1. The van der Waals surface area contributed by atoms with Gasteiger partial charge in [0.25, 0.3) is 7.82 Å². The Hall–Kier alpha value is 1.12. The largest absolute Gasteiger partial charge is 0.756 e. The van der Waals surface area contributed by atoms with Crippen LogP contribution in [0, 0.1) is 43.5 Å². The molecular weight excluding hydrogens is 433 g/mol. The number of hydrogen-bond acceptors (Lipinski definition) is 5.